The number of rotatable bonds is 4. The van der Waals surface area contributed by atoms with Gasteiger partial charge in [-0.25, -0.2) is 0 Å². The summed E-state index contributed by atoms with van der Waals surface area (Å²) in [5.41, 5.74) is 6.58. The maximum absolute atomic E-state index is 5.64. The molecule has 6 nitrogen and oxygen atoms in total. The third-order valence-corrected chi connectivity index (χ3v) is 2.64. The van der Waals surface area contributed by atoms with Gasteiger partial charge in [-0.1, -0.05) is 15.9 Å². The van der Waals surface area contributed by atoms with Gasteiger partial charge in [0.25, 0.3) is 0 Å². The van der Waals surface area contributed by atoms with Crippen molar-refractivity contribution < 1.29 is 4.74 Å². The van der Waals surface area contributed by atoms with Gasteiger partial charge in [0.05, 0.1) is 7.05 Å². The van der Waals surface area contributed by atoms with Crippen molar-refractivity contribution in [3.8, 4) is 5.75 Å². The minimum atomic E-state index is 0.280. The van der Waals surface area contributed by atoms with E-state index in [2.05, 4.69) is 31.3 Å². The average molecular weight is 298 g/mol. The van der Waals surface area contributed by atoms with Gasteiger partial charge in [0.15, 0.2) is 6.61 Å². The number of ether oxygens (including phenoxy) is 1. The lowest BCUT2D eigenvalue weighted by Gasteiger charge is -2.08. The number of nitrogens with two attached hydrogens (primary N) is 1. The molecule has 0 bridgehead atoms. The van der Waals surface area contributed by atoms with E-state index in [4.69, 9.17) is 10.5 Å². The summed E-state index contributed by atoms with van der Waals surface area (Å²) in [5, 5.41) is 11.6. The second-order valence-electron chi connectivity index (χ2n) is 3.44. The molecule has 0 amide bonds. The van der Waals surface area contributed by atoms with Crippen molar-refractivity contribution in [1.82, 2.24) is 20.2 Å². The van der Waals surface area contributed by atoms with Crippen LogP contribution >= 0.6 is 15.9 Å². The summed E-state index contributed by atoms with van der Waals surface area (Å²) < 4.78 is 6.58. The zero-order chi connectivity index (χ0) is 12.3. The standard InChI is InChI=1S/C10H12BrN5O/c1-16-14-10(13-15-16)6-17-9-3-2-8(11)4-7(9)5-12/h2-4H,5-6,12H2,1H3. The first-order chi connectivity index (χ1) is 8.19. The van der Waals surface area contributed by atoms with Crippen molar-refractivity contribution in [2.24, 2.45) is 12.8 Å². The molecule has 0 unspecified atom stereocenters. The molecule has 1 aromatic heterocycles. The normalized spacial score (nSPS) is 10.5. The van der Waals surface area contributed by atoms with Gasteiger partial charge in [-0.15, -0.1) is 10.2 Å². The van der Waals surface area contributed by atoms with Gasteiger partial charge in [0.2, 0.25) is 5.82 Å². The number of benzene rings is 1. The van der Waals surface area contributed by atoms with Crippen LogP contribution in [0.5, 0.6) is 5.75 Å². The number of hydrogen-bond acceptors (Lipinski definition) is 5. The Hall–Kier alpha value is -1.47. The number of hydrogen-bond donors (Lipinski definition) is 1. The number of aromatic nitrogens is 4. The third kappa shape index (κ3) is 3.01. The summed E-state index contributed by atoms with van der Waals surface area (Å²) in [7, 11) is 1.71. The van der Waals surface area contributed by atoms with Crippen molar-refractivity contribution >= 4 is 15.9 Å². The molecule has 1 heterocycles. The van der Waals surface area contributed by atoms with E-state index in [-0.39, 0.29) is 6.61 Å². The van der Waals surface area contributed by atoms with Gasteiger partial charge < -0.3 is 10.5 Å². The fourth-order valence-electron chi connectivity index (χ4n) is 1.37. The molecule has 0 aliphatic heterocycles. The highest BCUT2D eigenvalue weighted by Gasteiger charge is 2.06. The monoisotopic (exact) mass is 297 g/mol. The van der Waals surface area contributed by atoms with Gasteiger partial charge in [0, 0.05) is 16.6 Å². The van der Waals surface area contributed by atoms with Crippen LogP contribution in [0.4, 0.5) is 0 Å². The molecule has 1 aromatic carbocycles. The Bertz CT molecular complexity index is 513. The van der Waals surface area contributed by atoms with Crippen LogP contribution in [0.15, 0.2) is 22.7 Å². The molecule has 90 valence electrons. The fraction of sp³-hybridized carbons (Fsp3) is 0.300. The van der Waals surface area contributed by atoms with E-state index < -0.39 is 0 Å². The Morgan fingerprint density at radius 2 is 2.29 bits per heavy atom. The van der Waals surface area contributed by atoms with Gasteiger partial charge in [-0.3, -0.25) is 0 Å². The minimum Gasteiger partial charge on any atom is -0.485 e. The zero-order valence-electron chi connectivity index (χ0n) is 9.30. The van der Waals surface area contributed by atoms with Crippen LogP contribution in [0.1, 0.15) is 11.4 Å². The molecule has 0 saturated heterocycles. The maximum atomic E-state index is 5.64. The topological polar surface area (TPSA) is 78.8 Å². The van der Waals surface area contributed by atoms with E-state index in [1.54, 1.807) is 7.05 Å². The van der Waals surface area contributed by atoms with Crippen LogP contribution in [0, 0.1) is 0 Å². The van der Waals surface area contributed by atoms with Gasteiger partial charge in [-0.2, -0.15) is 4.80 Å². The molecule has 0 aliphatic rings. The van der Waals surface area contributed by atoms with Crippen molar-refractivity contribution in [2.45, 2.75) is 13.2 Å². The van der Waals surface area contributed by atoms with Crippen molar-refractivity contribution in [2.75, 3.05) is 0 Å². The number of halogens is 1. The van der Waals surface area contributed by atoms with Crippen LogP contribution in [0.3, 0.4) is 0 Å². The summed E-state index contributed by atoms with van der Waals surface area (Å²) in [5.74, 6) is 1.28. The molecule has 0 aliphatic carbocycles. The highest BCUT2D eigenvalue weighted by molar-refractivity contribution is 9.10. The lowest BCUT2D eigenvalue weighted by molar-refractivity contribution is 0.292. The molecule has 0 radical (unpaired) electrons. The second-order valence-corrected chi connectivity index (χ2v) is 4.36. The molecule has 17 heavy (non-hydrogen) atoms. The summed E-state index contributed by atoms with van der Waals surface area (Å²) in [4.78, 5) is 1.39. The van der Waals surface area contributed by atoms with E-state index in [0.717, 1.165) is 15.8 Å². The van der Waals surface area contributed by atoms with E-state index in [1.807, 2.05) is 18.2 Å². The van der Waals surface area contributed by atoms with Crippen molar-refractivity contribution in [3.63, 3.8) is 0 Å². The Morgan fingerprint density at radius 3 is 2.94 bits per heavy atom. The predicted molar refractivity (Wildman–Crippen MR) is 65.2 cm³/mol. The average Bonchev–Trinajstić information content (AvgIpc) is 2.73. The number of tetrazole rings is 1. The first kappa shape index (κ1) is 12.0. The first-order valence-corrected chi connectivity index (χ1v) is 5.82. The van der Waals surface area contributed by atoms with E-state index in [9.17, 15) is 0 Å². The van der Waals surface area contributed by atoms with E-state index in [1.165, 1.54) is 4.80 Å². The lowest BCUT2D eigenvalue weighted by Crippen LogP contribution is -2.04. The molecule has 0 atom stereocenters. The highest BCUT2D eigenvalue weighted by atomic mass is 79.9. The first-order valence-electron chi connectivity index (χ1n) is 5.03. The van der Waals surface area contributed by atoms with Gasteiger partial charge in [-0.05, 0) is 23.4 Å². The molecule has 2 N–H and O–H groups in total. The Labute approximate surface area is 107 Å². The highest BCUT2D eigenvalue weighted by Crippen LogP contribution is 2.23. The number of nitrogens with zero attached hydrogens (tertiary/aromatic N) is 4. The minimum absolute atomic E-state index is 0.280. The summed E-state index contributed by atoms with van der Waals surface area (Å²) in [6, 6.07) is 5.70. The van der Waals surface area contributed by atoms with Crippen LogP contribution < -0.4 is 10.5 Å². The predicted octanol–water partition coefficient (Wildman–Crippen LogP) is 1.01. The molecular formula is C10H12BrN5O. The molecule has 7 heteroatoms. The SMILES string of the molecule is Cn1nnc(COc2ccc(Br)cc2CN)n1. The molecular weight excluding hydrogens is 286 g/mol. The van der Waals surface area contributed by atoms with Crippen molar-refractivity contribution in [3.05, 3.63) is 34.1 Å². The molecule has 0 fully saturated rings. The van der Waals surface area contributed by atoms with Crippen molar-refractivity contribution in [1.29, 1.82) is 0 Å². The Balaban J connectivity index is 2.08. The van der Waals surface area contributed by atoms with Crippen LogP contribution in [-0.4, -0.2) is 20.2 Å². The lowest BCUT2D eigenvalue weighted by atomic mass is 10.2. The molecule has 0 saturated carbocycles. The maximum Gasteiger partial charge on any atom is 0.212 e. The fourth-order valence-corrected chi connectivity index (χ4v) is 1.78. The smallest absolute Gasteiger partial charge is 0.212 e. The second kappa shape index (κ2) is 5.24. The Kier molecular flexibility index (Phi) is 3.70. The molecule has 0 spiro atoms. The summed E-state index contributed by atoms with van der Waals surface area (Å²) >= 11 is 3.39. The van der Waals surface area contributed by atoms with Crippen LogP contribution in [-0.2, 0) is 20.2 Å². The zero-order valence-corrected chi connectivity index (χ0v) is 10.9. The molecule has 2 rings (SSSR count). The third-order valence-electron chi connectivity index (χ3n) is 2.15. The van der Waals surface area contributed by atoms with Crippen LogP contribution in [0.25, 0.3) is 0 Å². The van der Waals surface area contributed by atoms with E-state index in [0.29, 0.717) is 12.4 Å². The van der Waals surface area contributed by atoms with Gasteiger partial charge >= 0.3 is 0 Å². The summed E-state index contributed by atoms with van der Waals surface area (Å²) in [6.07, 6.45) is 0. The number of aryl methyl sites for hydroxylation is 1. The summed E-state index contributed by atoms with van der Waals surface area (Å²) in [6.45, 7) is 0.700. The molecule has 2 aromatic rings. The Morgan fingerprint density at radius 1 is 1.47 bits per heavy atom. The quantitative estimate of drug-likeness (QED) is 0.911. The van der Waals surface area contributed by atoms with Crippen LogP contribution in [0.2, 0.25) is 0 Å². The largest absolute Gasteiger partial charge is 0.485 e. The van der Waals surface area contributed by atoms with Gasteiger partial charge in [0.1, 0.15) is 5.75 Å². The van der Waals surface area contributed by atoms with E-state index >= 15 is 0 Å².